The molecule has 1 fully saturated rings. The summed E-state index contributed by atoms with van der Waals surface area (Å²) in [6.45, 7) is 2.77. The maximum absolute atomic E-state index is 13.2. The molecule has 9 nitrogen and oxygen atoms in total. The Hall–Kier alpha value is -3.16. The molecule has 0 bridgehead atoms. The lowest BCUT2D eigenvalue weighted by atomic mass is 9.84. The number of aliphatic hydroxyl groups is 1. The third-order valence-corrected chi connectivity index (χ3v) is 5.74. The summed E-state index contributed by atoms with van der Waals surface area (Å²) in [5, 5.41) is 29.9. The molecule has 2 heterocycles. The summed E-state index contributed by atoms with van der Waals surface area (Å²) in [5.74, 6) is 0.564. The second-order valence-electron chi connectivity index (χ2n) is 7.94. The van der Waals surface area contributed by atoms with Crippen LogP contribution >= 0.6 is 0 Å². The van der Waals surface area contributed by atoms with Crippen molar-refractivity contribution in [2.75, 3.05) is 45.7 Å². The van der Waals surface area contributed by atoms with Crippen molar-refractivity contribution < 1.29 is 14.2 Å². The molecule has 0 saturated carbocycles. The Morgan fingerprint density at radius 2 is 2.19 bits per heavy atom. The van der Waals surface area contributed by atoms with Crippen molar-refractivity contribution in [2.24, 2.45) is 10.4 Å². The lowest BCUT2D eigenvalue weighted by molar-refractivity contribution is 0.127. The van der Waals surface area contributed by atoms with Crippen LogP contribution in [0.25, 0.3) is 5.69 Å². The SMILES string of the molecule is CN=C(NCCCc1nn(-c2ccc(F)cc2)c(N)c1C#N)NCC1(CCO)CCOC1. The minimum Gasteiger partial charge on any atom is -0.396 e. The molecule has 10 heteroatoms. The third-order valence-electron chi connectivity index (χ3n) is 5.74. The number of aliphatic hydroxyl groups excluding tert-OH is 1. The van der Waals surface area contributed by atoms with Gasteiger partial charge in [-0.1, -0.05) is 0 Å². The standard InChI is InChI=1S/C22H30FN7O2/c1-26-21(28-14-22(8-11-31)9-12-32-15-22)27-10-2-3-19-18(13-24)20(25)30(29-19)17-6-4-16(23)5-7-17/h4-7,31H,2-3,8-12,14-15,25H2,1H3,(H2,26,27,28). The van der Waals surface area contributed by atoms with Gasteiger partial charge in [-0.05, 0) is 49.9 Å². The van der Waals surface area contributed by atoms with E-state index in [1.54, 1.807) is 19.2 Å². The normalized spacial score (nSPS) is 18.5. The van der Waals surface area contributed by atoms with Gasteiger partial charge >= 0.3 is 0 Å². The van der Waals surface area contributed by atoms with Crippen LogP contribution in [0, 0.1) is 22.6 Å². The molecular weight excluding hydrogens is 413 g/mol. The quantitative estimate of drug-likeness (QED) is 0.261. The highest BCUT2D eigenvalue weighted by Gasteiger charge is 2.34. The van der Waals surface area contributed by atoms with Crippen LogP contribution in [0.15, 0.2) is 29.3 Å². The fourth-order valence-electron chi connectivity index (χ4n) is 3.82. The van der Waals surface area contributed by atoms with Gasteiger partial charge in [-0.2, -0.15) is 10.4 Å². The Kier molecular flexibility index (Phi) is 8.03. The Bertz CT molecular complexity index is 960. The summed E-state index contributed by atoms with van der Waals surface area (Å²) < 4.78 is 20.2. The summed E-state index contributed by atoms with van der Waals surface area (Å²) >= 11 is 0. The highest BCUT2D eigenvalue weighted by molar-refractivity contribution is 5.79. The van der Waals surface area contributed by atoms with Gasteiger partial charge in [0.25, 0.3) is 0 Å². The maximum atomic E-state index is 13.2. The molecule has 0 spiro atoms. The molecular formula is C22H30FN7O2. The first-order valence-corrected chi connectivity index (χ1v) is 10.7. The van der Waals surface area contributed by atoms with Gasteiger partial charge in [0.1, 0.15) is 23.3 Å². The summed E-state index contributed by atoms with van der Waals surface area (Å²) in [4.78, 5) is 4.25. The minimum absolute atomic E-state index is 0.0707. The van der Waals surface area contributed by atoms with Gasteiger partial charge in [-0.25, -0.2) is 9.07 Å². The van der Waals surface area contributed by atoms with Crippen molar-refractivity contribution in [3.63, 3.8) is 0 Å². The zero-order chi connectivity index (χ0) is 23.0. The molecule has 2 aromatic rings. The molecule has 0 amide bonds. The van der Waals surface area contributed by atoms with Crippen LogP contribution in [0.1, 0.15) is 30.5 Å². The van der Waals surface area contributed by atoms with E-state index in [0.717, 1.165) is 6.42 Å². The molecule has 0 radical (unpaired) electrons. The van der Waals surface area contributed by atoms with Crippen LogP contribution in [0.5, 0.6) is 0 Å². The van der Waals surface area contributed by atoms with E-state index in [1.165, 1.54) is 16.8 Å². The Morgan fingerprint density at radius 3 is 2.81 bits per heavy atom. The van der Waals surface area contributed by atoms with Crippen LogP contribution < -0.4 is 16.4 Å². The van der Waals surface area contributed by atoms with Gasteiger partial charge in [-0.3, -0.25) is 4.99 Å². The molecule has 1 aromatic carbocycles. The maximum Gasteiger partial charge on any atom is 0.190 e. The van der Waals surface area contributed by atoms with Gasteiger partial charge in [0, 0.05) is 38.8 Å². The minimum atomic E-state index is -0.351. The highest BCUT2D eigenvalue weighted by Crippen LogP contribution is 2.31. The number of anilines is 1. The van der Waals surface area contributed by atoms with Crippen LogP contribution in [0.3, 0.4) is 0 Å². The average Bonchev–Trinajstić information content (AvgIpc) is 3.38. The largest absolute Gasteiger partial charge is 0.396 e. The molecule has 1 atom stereocenters. The molecule has 1 aliphatic heterocycles. The lowest BCUT2D eigenvalue weighted by Gasteiger charge is -2.27. The van der Waals surface area contributed by atoms with E-state index < -0.39 is 0 Å². The third kappa shape index (κ3) is 5.55. The zero-order valence-corrected chi connectivity index (χ0v) is 18.3. The fourth-order valence-corrected chi connectivity index (χ4v) is 3.82. The molecule has 5 N–H and O–H groups in total. The smallest absolute Gasteiger partial charge is 0.190 e. The van der Waals surface area contributed by atoms with E-state index in [4.69, 9.17) is 10.5 Å². The predicted octanol–water partition coefficient (Wildman–Crippen LogP) is 1.35. The average molecular weight is 444 g/mol. The van der Waals surface area contributed by atoms with Crippen LogP contribution in [0.4, 0.5) is 10.2 Å². The topological polar surface area (TPSA) is 134 Å². The molecule has 0 aliphatic carbocycles. The number of nitrogen functional groups attached to an aromatic ring is 1. The number of rotatable bonds is 9. The second kappa shape index (κ2) is 10.9. The first-order valence-electron chi connectivity index (χ1n) is 10.7. The number of nitrogens with one attached hydrogen (secondary N) is 2. The molecule has 1 aliphatic rings. The first kappa shape index (κ1) is 23.5. The molecule has 1 saturated heterocycles. The highest BCUT2D eigenvalue weighted by atomic mass is 19.1. The number of guanidine groups is 1. The second-order valence-corrected chi connectivity index (χ2v) is 7.94. The monoisotopic (exact) mass is 443 g/mol. The predicted molar refractivity (Wildman–Crippen MR) is 120 cm³/mol. The number of nitrogens with two attached hydrogens (primary N) is 1. The molecule has 32 heavy (non-hydrogen) atoms. The van der Waals surface area contributed by atoms with E-state index in [-0.39, 0.29) is 23.7 Å². The molecule has 3 rings (SSSR count). The van der Waals surface area contributed by atoms with Gasteiger partial charge in [-0.15, -0.1) is 0 Å². The molecule has 1 unspecified atom stereocenters. The van der Waals surface area contributed by atoms with E-state index in [0.29, 0.717) is 68.5 Å². The van der Waals surface area contributed by atoms with Crippen LogP contribution in [0.2, 0.25) is 0 Å². The van der Waals surface area contributed by atoms with Gasteiger partial charge < -0.3 is 26.2 Å². The fraction of sp³-hybridized carbons (Fsp3) is 0.500. The van der Waals surface area contributed by atoms with E-state index in [9.17, 15) is 14.8 Å². The zero-order valence-electron chi connectivity index (χ0n) is 18.3. The van der Waals surface area contributed by atoms with Gasteiger partial charge in [0.2, 0.25) is 0 Å². The summed E-state index contributed by atoms with van der Waals surface area (Å²) in [6, 6.07) is 7.91. The molecule has 172 valence electrons. The van der Waals surface area contributed by atoms with E-state index in [2.05, 4.69) is 26.8 Å². The Balaban J connectivity index is 1.54. The number of nitrogens with zero attached hydrogens (tertiary/aromatic N) is 4. The van der Waals surface area contributed by atoms with Crippen molar-refractivity contribution in [2.45, 2.75) is 25.7 Å². The van der Waals surface area contributed by atoms with Crippen molar-refractivity contribution in [3.05, 3.63) is 41.3 Å². The molecule has 1 aromatic heterocycles. The van der Waals surface area contributed by atoms with E-state index in [1.807, 2.05) is 0 Å². The van der Waals surface area contributed by atoms with Gasteiger partial charge in [0.05, 0.1) is 18.0 Å². The number of hydrogen-bond acceptors (Lipinski definition) is 6. The number of aryl methyl sites for hydroxylation is 1. The van der Waals surface area contributed by atoms with Crippen molar-refractivity contribution >= 4 is 11.8 Å². The summed E-state index contributed by atoms with van der Waals surface area (Å²) in [5.41, 5.74) is 7.57. The Morgan fingerprint density at radius 1 is 1.41 bits per heavy atom. The number of nitriles is 1. The van der Waals surface area contributed by atoms with Crippen molar-refractivity contribution in [1.82, 2.24) is 20.4 Å². The van der Waals surface area contributed by atoms with Crippen LogP contribution in [-0.2, 0) is 11.2 Å². The van der Waals surface area contributed by atoms with Crippen LogP contribution in [-0.4, -0.2) is 60.8 Å². The van der Waals surface area contributed by atoms with Crippen molar-refractivity contribution in [1.29, 1.82) is 5.26 Å². The van der Waals surface area contributed by atoms with E-state index >= 15 is 0 Å². The summed E-state index contributed by atoms with van der Waals surface area (Å²) in [7, 11) is 1.71. The number of aromatic nitrogens is 2. The van der Waals surface area contributed by atoms with Crippen molar-refractivity contribution in [3.8, 4) is 11.8 Å². The lowest BCUT2D eigenvalue weighted by Crippen LogP contribution is -2.44. The van der Waals surface area contributed by atoms with Gasteiger partial charge in [0.15, 0.2) is 5.96 Å². The number of hydrogen-bond donors (Lipinski definition) is 4. The first-order chi connectivity index (χ1) is 15.5. The number of benzene rings is 1. The summed E-state index contributed by atoms with van der Waals surface area (Å²) in [6.07, 6.45) is 2.85. The Labute approximate surface area is 187 Å². The number of aliphatic imine (C=N–C) groups is 1. The number of ether oxygens (including phenoxy) is 1. The number of halogens is 1.